The lowest BCUT2D eigenvalue weighted by atomic mass is 10.1. The summed E-state index contributed by atoms with van der Waals surface area (Å²) in [6.45, 7) is 4.78. The lowest BCUT2D eigenvalue weighted by molar-refractivity contribution is 0.237. The third-order valence-corrected chi connectivity index (χ3v) is 4.11. The first-order valence-corrected chi connectivity index (χ1v) is 8.76. The molecular weight excluding hydrogens is 346 g/mol. The second-order valence-electron chi connectivity index (χ2n) is 6.23. The Balaban J connectivity index is 1.55. The number of nitrogens with two attached hydrogens (primary N) is 1. The minimum atomic E-state index is -0.165. The van der Waals surface area contributed by atoms with Crippen molar-refractivity contribution in [2.75, 3.05) is 5.73 Å². The highest BCUT2D eigenvalue weighted by atomic mass is 16.5. The molecule has 0 radical (unpaired) electrons. The average Bonchev–Trinajstić information content (AvgIpc) is 3.13. The first-order chi connectivity index (χ1) is 13.0. The molecule has 0 bridgehead atoms. The highest BCUT2D eigenvalue weighted by Crippen LogP contribution is 2.20. The van der Waals surface area contributed by atoms with Crippen molar-refractivity contribution in [2.24, 2.45) is 0 Å². The van der Waals surface area contributed by atoms with Crippen LogP contribution in [0.3, 0.4) is 0 Å². The Bertz CT molecular complexity index is 908. The molecule has 9 nitrogen and oxygen atoms in total. The minimum absolute atomic E-state index is 0.113. The number of rotatable bonds is 7. The Morgan fingerprint density at radius 2 is 2.00 bits per heavy atom. The van der Waals surface area contributed by atoms with E-state index in [0.29, 0.717) is 30.2 Å². The number of fused-ring (bicyclic) bond motifs is 1. The van der Waals surface area contributed by atoms with Gasteiger partial charge < -0.3 is 26.1 Å². The largest absolute Gasteiger partial charge is 0.471 e. The predicted octanol–water partition coefficient (Wildman–Crippen LogP) is 2.11. The molecule has 0 saturated carbocycles. The molecule has 0 saturated heterocycles. The van der Waals surface area contributed by atoms with Crippen molar-refractivity contribution in [1.29, 1.82) is 0 Å². The van der Waals surface area contributed by atoms with Crippen LogP contribution in [-0.2, 0) is 13.2 Å². The van der Waals surface area contributed by atoms with E-state index in [0.717, 1.165) is 17.5 Å². The molecule has 1 unspecified atom stereocenters. The number of nitrogen functional groups attached to an aromatic ring is 1. The molecule has 5 N–H and O–H groups in total. The number of hydrogen-bond acceptors (Lipinski definition) is 6. The maximum atomic E-state index is 11.8. The van der Waals surface area contributed by atoms with Crippen molar-refractivity contribution in [1.82, 2.24) is 30.6 Å². The fourth-order valence-electron chi connectivity index (χ4n) is 2.39. The van der Waals surface area contributed by atoms with Gasteiger partial charge in [-0.1, -0.05) is 31.2 Å². The number of imidazole rings is 1. The SMILES string of the molecule is CCC(C)NC(=O)NCc1ccc(COc2nc(N)nc3nc[nH]c23)cc1. The molecule has 3 rings (SSSR count). The summed E-state index contributed by atoms with van der Waals surface area (Å²) in [4.78, 5) is 26.9. The molecule has 2 aromatic heterocycles. The highest BCUT2D eigenvalue weighted by molar-refractivity contribution is 5.76. The third kappa shape index (κ3) is 4.84. The second kappa shape index (κ2) is 8.35. The molecule has 0 fully saturated rings. The summed E-state index contributed by atoms with van der Waals surface area (Å²) >= 11 is 0. The number of ether oxygens (including phenoxy) is 1. The Morgan fingerprint density at radius 1 is 1.26 bits per heavy atom. The van der Waals surface area contributed by atoms with Gasteiger partial charge in [0.05, 0.1) is 6.33 Å². The smallest absolute Gasteiger partial charge is 0.315 e. The number of nitrogens with zero attached hydrogens (tertiary/aromatic N) is 3. The van der Waals surface area contributed by atoms with Gasteiger partial charge in [-0.15, -0.1) is 0 Å². The van der Waals surface area contributed by atoms with Crippen LogP contribution in [0.5, 0.6) is 5.88 Å². The van der Waals surface area contributed by atoms with Crippen LogP contribution in [0.1, 0.15) is 31.4 Å². The van der Waals surface area contributed by atoms with Gasteiger partial charge in [0.1, 0.15) is 12.1 Å². The number of carbonyl (C=O) groups is 1. The van der Waals surface area contributed by atoms with Crippen molar-refractivity contribution in [3.63, 3.8) is 0 Å². The van der Waals surface area contributed by atoms with E-state index in [-0.39, 0.29) is 18.0 Å². The van der Waals surface area contributed by atoms with E-state index in [9.17, 15) is 4.79 Å². The lowest BCUT2D eigenvalue weighted by Crippen LogP contribution is -2.40. The van der Waals surface area contributed by atoms with Gasteiger partial charge >= 0.3 is 6.03 Å². The third-order valence-electron chi connectivity index (χ3n) is 4.11. The Hall–Kier alpha value is -3.36. The van der Waals surface area contributed by atoms with E-state index >= 15 is 0 Å². The summed E-state index contributed by atoms with van der Waals surface area (Å²) in [5.74, 6) is 0.476. The first kappa shape index (κ1) is 18.4. The van der Waals surface area contributed by atoms with E-state index < -0.39 is 0 Å². The van der Waals surface area contributed by atoms with Gasteiger partial charge in [-0.2, -0.15) is 9.97 Å². The summed E-state index contributed by atoms with van der Waals surface area (Å²) in [6.07, 6.45) is 2.41. The fourth-order valence-corrected chi connectivity index (χ4v) is 2.39. The van der Waals surface area contributed by atoms with Gasteiger partial charge in [0.15, 0.2) is 5.65 Å². The number of aromatic amines is 1. The monoisotopic (exact) mass is 369 g/mol. The van der Waals surface area contributed by atoms with Crippen molar-refractivity contribution in [3.05, 3.63) is 41.7 Å². The summed E-state index contributed by atoms with van der Waals surface area (Å²) in [7, 11) is 0. The fraction of sp³-hybridized carbons (Fsp3) is 0.333. The van der Waals surface area contributed by atoms with Crippen molar-refractivity contribution in [3.8, 4) is 5.88 Å². The molecule has 0 spiro atoms. The molecular formula is C18H23N7O2. The standard InChI is InChI=1S/C18H23N7O2/c1-3-11(2)23-18(26)20-8-12-4-6-13(7-5-12)9-27-16-14-15(22-10-21-14)24-17(19)25-16/h4-7,10-11H,3,8-9H2,1-2H3,(H2,20,23,26)(H3,19,21,22,24,25). The molecule has 2 heterocycles. The summed E-state index contributed by atoms with van der Waals surface area (Å²) < 4.78 is 5.76. The zero-order valence-corrected chi connectivity index (χ0v) is 15.3. The zero-order chi connectivity index (χ0) is 19.2. The summed E-state index contributed by atoms with van der Waals surface area (Å²) in [6, 6.07) is 7.77. The zero-order valence-electron chi connectivity index (χ0n) is 15.3. The molecule has 9 heteroatoms. The van der Waals surface area contributed by atoms with E-state index in [4.69, 9.17) is 10.5 Å². The molecule has 27 heavy (non-hydrogen) atoms. The molecule has 1 atom stereocenters. The molecule has 142 valence electrons. The number of nitrogens with one attached hydrogen (secondary N) is 3. The predicted molar refractivity (Wildman–Crippen MR) is 102 cm³/mol. The van der Waals surface area contributed by atoms with Crippen LogP contribution in [0.25, 0.3) is 11.2 Å². The van der Waals surface area contributed by atoms with Crippen LogP contribution in [0.2, 0.25) is 0 Å². The van der Waals surface area contributed by atoms with E-state index in [1.165, 1.54) is 6.33 Å². The number of carbonyl (C=O) groups excluding carboxylic acids is 1. The number of amides is 2. The Labute approximate surface area is 156 Å². The topological polar surface area (TPSA) is 131 Å². The van der Waals surface area contributed by atoms with E-state index in [1.807, 2.05) is 38.1 Å². The first-order valence-electron chi connectivity index (χ1n) is 8.76. The van der Waals surface area contributed by atoms with Gasteiger partial charge in [-0.05, 0) is 24.5 Å². The normalized spacial score (nSPS) is 11.9. The van der Waals surface area contributed by atoms with Gasteiger partial charge in [-0.25, -0.2) is 9.78 Å². The molecule has 3 aromatic rings. The van der Waals surface area contributed by atoms with E-state index in [1.54, 1.807) is 0 Å². The lowest BCUT2D eigenvalue weighted by Gasteiger charge is -2.12. The maximum absolute atomic E-state index is 11.8. The molecule has 0 aliphatic heterocycles. The Morgan fingerprint density at radius 3 is 2.74 bits per heavy atom. The molecule has 2 amide bonds. The number of urea groups is 1. The number of aromatic nitrogens is 4. The van der Waals surface area contributed by atoms with Crippen LogP contribution >= 0.6 is 0 Å². The number of benzene rings is 1. The molecule has 0 aliphatic rings. The van der Waals surface area contributed by atoms with Gasteiger partial charge in [0.2, 0.25) is 11.8 Å². The van der Waals surface area contributed by atoms with Crippen molar-refractivity contribution in [2.45, 2.75) is 39.5 Å². The van der Waals surface area contributed by atoms with Crippen molar-refractivity contribution < 1.29 is 9.53 Å². The van der Waals surface area contributed by atoms with E-state index in [2.05, 4.69) is 30.6 Å². The maximum Gasteiger partial charge on any atom is 0.315 e. The number of H-pyrrole nitrogens is 1. The number of anilines is 1. The minimum Gasteiger partial charge on any atom is -0.471 e. The second-order valence-corrected chi connectivity index (χ2v) is 6.23. The van der Waals surface area contributed by atoms with Crippen molar-refractivity contribution >= 4 is 23.1 Å². The van der Waals surface area contributed by atoms with Crippen LogP contribution in [0, 0.1) is 0 Å². The number of hydrogen-bond donors (Lipinski definition) is 4. The summed E-state index contributed by atoms with van der Waals surface area (Å²) in [5, 5.41) is 5.71. The van der Waals surface area contributed by atoms with Crippen LogP contribution in [0.15, 0.2) is 30.6 Å². The Kier molecular flexibility index (Phi) is 5.70. The van der Waals surface area contributed by atoms with Gasteiger partial charge in [-0.3, -0.25) is 0 Å². The van der Waals surface area contributed by atoms with Crippen LogP contribution in [0.4, 0.5) is 10.7 Å². The quantitative estimate of drug-likeness (QED) is 0.504. The van der Waals surface area contributed by atoms with Gasteiger partial charge in [0.25, 0.3) is 0 Å². The molecule has 0 aliphatic carbocycles. The van der Waals surface area contributed by atoms with Gasteiger partial charge in [0, 0.05) is 12.6 Å². The highest BCUT2D eigenvalue weighted by Gasteiger charge is 2.10. The van der Waals surface area contributed by atoms with Crippen LogP contribution < -0.4 is 21.1 Å². The summed E-state index contributed by atoms with van der Waals surface area (Å²) in [5.41, 5.74) is 8.72. The average molecular weight is 369 g/mol. The van der Waals surface area contributed by atoms with Crippen LogP contribution in [-0.4, -0.2) is 32.0 Å². The molecule has 1 aromatic carbocycles.